The molecule has 1 unspecified atom stereocenters. The Morgan fingerprint density at radius 2 is 1.95 bits per heavy atom. The molecule has 1 aromatic heterocycles. The van der Waals surface area contributed by atoms with Gasteiger partial charge in [-0.3, -0.25) is 4.79 Å². The van der Waals surface area contributed by atoms with Crippen LogP contribution in [0.15, 0.2) is 24.5 Å². The Morgan fingerprint density at radius 3 is 2.52 bits per heavy atom. The number of halogens is 1. The number of aromatic nitrogens is 1. The molecule has 1 aromatic rings. The Hall–Kier alpha value is -1.09. The van der Waals surface area contributed by atoms with Crippen molar-refractivity contribution in [1.29, 1.82) is 0 Å². The molecule has 0 fully saturated rings. The van der Waals surface area contributed by atoms with Gasteiger partial charge in [0.2, 0.25) is 0 Å². The molecule has 0 bridgehead atoms. The molecule has 21 heavy (non-hydrogen) atoms. The lowest BCUT2D eigenvalue weighted by Crippen LogP contribution is -3.00. The summed E-state index contributed by atoms with van der Waals surface area (Å²) in [5, 5.41) is 0. The van der Waals surface area contributed by atoms with Crippen LogP contribution in [0.2, 0.25) is 0 Å². The van der Waals surface area contributed by atoms with Crippen LogP contribution in [0.3, 0.4) is 0 Å². The maximum Gasteiger partial charge on any atom is 0.312 e. The molecule has 1 atom stereocenters. The van der Waals surface area contributed by atoms with Crippen LogP contribution in [0, 0.1) is 12.8 Å². The third kappa shape index (κ3) is 8.71. The summed E-state index contributed by atoms with van der Waals surface area (Å²) in [7, 11) is 0. The van der Waals surface area contributed by atoms with E-state index in [9.17, 15) is 4.79 Å². The normalized spacial score (nSPS) is 11.6. The highest BCUT2D eigenvalue weighted by Gasteiger charge is 2.11. The zero-order chi connectivity index (χ0) is 14.8. The highest BCUT2D eigenvalue weighted by Crippen LogP contribution is 2.13. The summed E-state index contributed by atoms with van der Waals surface area (Å²) < 4.78 is 7.40. The minimum absolute atomic E-state index is 0. The van der Waals surface area contributed by atoms with Gasteiger partial charge >= 0.3 is 5.97 Å². The van der Waals surface area contributed by atoms with Gasteiger partial charge in [0.15, 0.2) is 18.9 Å². The molecule has 0 saturated carbocycles. The van der Waals surface area contributed by atoms with E-state index in [0.717, 1.165) is 12.8 Å². The molecule has 0 N–H and O–H groups in total. The Morgan fingerprint density at radius 1 is 1.29 bits per heavy atom. The van der Waals surface area contributed by atoms with Gasteiger partial charge in [0.05, 0.1) is 6.61 Å². The standard InChI is InChI=1S/C17H28NO2.ClH/c1-4-6-7-16(5-2)14-20-17(19)10-13-18-11-8-15(3)9-12-18;/h8-9,11-12,16H,4-7,10,13-14H2,1-3H3;1H/q+1;/p-1. The molecule has 0 aromatic carbocycles. The van der Waals surface area contributed by atoms with Gasteiger partial charge in [-0.25, -0.2) is 4.57 Å². The number of pyridine rings is 1. The van der Waals surface area contributed by atoms with Crippen LogP contribution < -0.4 is 17.0 Å². The van der Waals surface area contributed by atoms with Crippen molar-refractivity contribution in [2.45, 2.75) is 59.4 Å². The first-order valence-electron chi connectivity index (χ1n) is 7.77. The summed E-state index contributed by atoms with van der Waals surface area (Å²) in [6.45, 7) is 7.67. The zero-order valence-corrected chi connectivity index (χ0v) is 14.2. The first-order chi connectivity index (χ1) is 9.65. The molecule has 0 saturated heterocycles. The van der Waals surface area contributed by atoms with Crippen molar-refractivity contribution in [2.24, 2.45) is 5.92 Å². The number of carbonyl (C=O) groups is 1. The van der Waals surface area contributed by atoms with E-state index in [0.29, 0.717) is 25.5 Å². The van der Waals surface area contributed by atoms with Crippen molar-refractivity contribution in [1.82, 2.24) is 0 Å². The number of hydrogen-bond donors (Lipinski definition) is 0. The van der Waals surface area contributed by atoms with Crippen LogP contribution in [0.1, 0.15) is 51.5 Å². The monoisotopic (exact) mass is 313 g/mol. The first kappa shape index (κ1) is 19.9. The number of hydrogen-bond acceptors (Lipinski definition) is 2. The summed E-state index contributed by atoms with van der Waals surface area (Å²) in [6.07, 6.45) is 9.10. The van der Waals surface area contributed by atoms with Gasteiger partial charge in [0, 0.05) is 12.1 Å². The van der Waals surface area contributed by atoms with Crippen LogP contribution in [-0.4, -0.2) is 12.6 Å². The van der Waals surface area contributed by atoms with Gasteiger partial charge in [0.1, 0.15) is 6.42 Å². The van der Waals surface area contributed by atoms with Crippen LogP contribution in [0.5, 0.6) is 0 Å². The molecule has 1 heterocycles. The fourth-order valence-corrected chi connectivity index (χ4v) is 2.08. The highest BCUT2D eigenvalue weighted by atomic mass is 35.5. The second-order valence-electron chi connectivity index (χ2n) is 5.46. The highest BCUT2D eigenvalue weighted by molar-refractivity contribution is 5.69. The first-order valence-corrected chi connectivity index (χ1v) is 7.77. The zero-order valence-electron chi connectivity index (χ0n) is 13.5. The quantitative estimate of drug-likeness (QED) is 0.489. The largest absolute Gasteiger partial charge is 1.00 e. The molecular formula is C17H28ClNO2. The number of rotatable bonds is 9. The smallest absolute Gasteiger partial charge is 0.312 e. The minimum atomic E-state index is -0.0898. The number of nitrogens with zero attached hydrogens (tertiary/aromatic N) is 1. The molecule has 0 spiro atoms. The Balaban J connectivity index is 0.00000400. The van der Waals surface area contributed by atoms with Crippen molar-refractivity contribution in [3.8, 4) is 0 Å². The molecule has 1 rings (SSSR count). The predicted molar refractivity (Wildman–Crippen MR) is 80.3 cm³/mol. The Bertz CT molecular complexity index is 392. The van der Waals surface area contributed by atoms with Crippen molar-refractivity contribution < 1.29 is 26.5 Å². The second kappa shape index (κ2) is 11.6. The van der Waals surface area contributed by atoms with Gasteiger partial charge in [-0.1, -0.05) is 33.1 Å². The third-order valence-electron chi connectivity index (χ3n) is 3.66. The molecule has 4 heteroatoms. The summed E-state index contributed by atoms with van der Waals surface area (Å²) >= 11 is 0. The van der Waals surface area contributed by atoms with Gasteiger partial charge in [-0.05, 0) is 24.8 Å². The fraction of sp³-hybridized carbons (Fsp3) is 0.647. The molecule has 3 nitrogen and oxygen atoms in total. The fourth-order valence-electron chi connectivity index (χ4n) is 2.08. The lowest BCUT2D eigenvalue weighted by Gasteiger charge is -2.14. The van der Waals surface area contributed by atoms with E-state index < -0.39 is 0 Å². The molecule has 0 amide bonds. The summed E-state index contributed by atoms with van der Waals surface area (Å²) in [5.74, 6) is 0.430. The van der Waals surface area contributed by atoms with Crippen LogP contribution in [0.4, 0.5) is 0 Å². The van der Waals surface area contributed by atoms with Crippen molar-refractivity contribution in [2.75, 3.05) is 6.61 Å². The lowest BCUT2D eigenvalue weighted by molar-refractivity contribution is -0.696. The summed E-state index contributed by atoms with van der Waals surface area (Å²) in [4.78, 5) is 11.7. The SMILES string of the molecule is CCCCC(CC)COC(=O)CC[n+]1ccc(C)cc1.[Cl-]. The average Bonchev–Trinajstić information content (AvgIpc) is 2.47. The Kier molecular flexibility index (Phi) is 11.0. The van der Waals surface area contributed by atoms with Gasteiger partial charge in [-0.15, -0.1) is 0 Å². The second-order valence-corrected chi connectivity index (χ2v) is 5.46. The van der Waals surface area contributed by atoms with E-state index in [2.05, 4.69) is 20.8 Å². The van der Waals surface area contributed by atoms with Gasteiger partial charge in [0.25, 0.3) is 0 Å². The van der Waals surface area contributed by atoms with Crippen LogP contribution >= 0.6 is 0 Å². The van der Waals surface area contributed by atoms with Crippen molar-refractivity contribution in [3.05, 3.63) is 30.1 Å². The number of esters is 1. The van der Waals surface area contributed by atoms with Crippen LogP contribution in [-0.2, 0) is 16.1 Å². The number of aryl methyl sites for hydroxylation is 2. The van der Waals surface area contributed by atoms with E-state index in [1.807, 2.05) is 29.1 Å². The maximum absolute atomic E-state index is 11.7. The van der Waals surface area contributed by atoms with Gasteiger partial charge in [-0.2, -0.15) is 0 Å². The maximum atomic E-state index is 11.7. The molecule has 0 aliphatic rings. The van der Waals surface area contributed by atoms with Crippen molar-refractivity contribution in [3.63, 3.8) is 0 Å². The average molecular weight is 314 g/mol. The molecule has 0 aliphatic heterocycles. The molecule has 120 valence electrons. The Labute approximate surface area is 135 Å². The number of ether oxygens (including phenoxy) is 1. The topological polar surface area (TPSA) is 30.2 Å². The minimum Gasteiger partial charge on any atom is -1.00 e. The lowest BCUT2D eigenvalue weighted by atomic mass is 10.0. The summed E-state index contributed by atoms with van der Waals surface area (Å²) in [6, 6.07) is 4.09. The van der Waals surface area contributed by atoms with E-state index in [-0.39, 0.29) is 18.4 Å². The van der Waals surface area contributed by atoms with Crippen molar-refractivity contribution >= 4 is 5.97 Å². The van der Waals surface area contributed by atoms with E-state index in [4.69, 9.17) is 4.74 Å². The molecular weight excluding hydrogens is 286 g/mol. The third-order valence-corrected chi connectivity index (χ3v) is 3.66. The van der Waals surface area contributed by atoms with Gasteiger partial charge < -0.3 is 17.1 Å². The molecule has 0 aliphatic carbocycles. The molecule has 0 radical (unpaired) electrons. The predicted octanol–water partition coefficient (Wildman–Crippen LogP) is 0.436. The van der Waals surface area contributed by atoms with Crippen LogP contribution in [0.25, 0.3) is 0 Å². The number of carbonyl (C=O) groups excluding carboxylic acids is 1. The van der Waals surface area contributed by atoms with E-state index in [1.54, 1.807) is 0 Å². The summed E-state index contributed by atoms with van der Waals surface area (Å²) in [5.41, 5.74) is 1.23. The van der Waals surface area contributed by atoms with E-state index in [1.165, 1.54) is 18.4 Å². The number of unbranched alkanes of at least 4 members (excludes halogenated alkanes) is 1. The van der Waals surface area contributed by atoms with E-state index >= 15 is 0 Å².